The van der Waals surface area contributed by atoms with Gasteiger partial charge in [0.05, 0.1) is 6.17 Å². The lowest BCUT2D eigenvalue weighted by atomic mass is 9.79. The summed E-state index contributed by atoms with van der Waals surface area (Å²) in [6.45, 7) is 1.40. The second-order valence-corrected chi connectivity index (χ2v) is 5.78. The van der Waals surface area contributed by atoms with Crippen LogP contribution in [0.25, 0.3) is 0 Å². The summed E-state index contributed by atoms with van der Waals surface area (Å²) in [5.41, 5.74) is 5.49. The van der Waals surface area contributed by atoms with Crippen LogP contribution in [0.1, 0.15) is 44.9 Å². The minimum Gasteiger partial charge on any atom is -0.330 e. The van der Waals surface area contributed by atoms with E-state index in [2.05, 4.69) is 5.32 Å². The smallest absolute Gasteiger partial charge is 0.225 e. The maximum absolute atomic E-state index is 12.0. The Bertz CT molecular complexity index is 276. The fourth-order valence-electron chi connectivity index (χ4n) is 3.63. The molecule has 1 saturated carbocycles. The van der Waals surface area contributed by atoms with Gasteiger partial charge in [0.2, 0.25) is 5.91 Å². The number of nitrogens with two attached hydrogens (primary N) is 1. The first-order valence-corrected chi connectivity index (χ1v) is 7.43. The Morgan fingerprint density at radius 3 is 2.61 bits per heavy atom. The Hall–Kier alpha value is -0.610. The monoisotopic (exact) mass is 253 g/mol. The molecule has 2 atom stereocenters. The lowest BCUT2D eigenvalue weighted by molar-refractivity contribution is -0.132. The van der Waals surface area contributed by atoms with Gasteiger partial charge in [-0.15, -0.1) is 0 Å². The van der Waals surface area contributed by atoms with Gasteiger partial charge in [-0.3, -0.25) is 4.79 Å². The minimum absolute atomic E-state index is 0.218. The SMILES string of the molecule is CNC1CC(C2CCCCC2)CN1C(=O)CCN. The molecule has 104 valence electrons. The maximum Gasteiger partial charge on any atom is 0.225 e. The molecule has 4 heteroatoms. The molecular formula is C14H27N3O. The van der Waals surface area contributed by atoms with Gasteiger partial charge in [-0.2, -0.15) is 0 Å². The first kappa shape index (κ1) is 13.8. The van der Waals surface area contributed by atoms with Crippen LogP contribution in [0.5, 0.6) is 0 Å². The second kappa shape index (κ2) is 6.53. The molecule has 1 heterocycles. The van der Waals surface area contributed by atoms with Gasteiger partial charge in [-0.1, -0.05) is 32.1 Å². The summed E-state index contributed by atoms with van der Waals surface area (Å²) in [7, 11) is 1.96. The first-order chi connectivity index (χ1) is 8.76. The van der Waals surface area contributed by atoms with Gasteiger partial charge in [0, 0.05) is 19.5 Å². The zero-order chi connectivity index (χ0) is 13.0. The van der Waals surface area contributed by atoms with Crippen molar-refractivity contribution in [1.82, 2.24) is 10.2 Å². The van der Waals surface area contributed by atoms with Crippen LogP contribution in [0, 0.1) is 11.8 Å². The van der Waals surface area contributed by atoms with E-state index in [4.69, 9.17) is 5.73 Å². The Labute approximate surface area is 110 Å². The maximum atomic E-state index is 12.0. The quantitative estimate of drug-likeness (QED) is 0.794. The third-order valence-corrected chi connectivity index (χ3v) is 4.66. The van der Waals surface area contributed by atoms with Gasteiger partial charge in [-0.25, -0.2) is 0 Å². The van der Waals surface area contributed by atoms with E-state index >= 15 is 0 Å². The molecule has 2 rings (SSSR count). The van der Waals surface area contributed by atoms with Gasteiger partial charge >= 0.3 is 0 Å². The summed E-state index contributed by atoms with van der Waals surface area (Å²) in [5, 5.41) is 3.29. The van der Waals surface area contributed by atoms with Gasteiger partial charge in [0.15, 0.2) is 0 Å². The fourth-order valence-corrected chi connectivity index (χ4v) is 3.63. The van der Waals surface area contributed by atoms with Crippen molar-refractivity contribution in [2.45, 2.75) is 51.1 Å². The highest BCUT2D eigenvalue weighted by Crippen LogP contribution is 2.36. The molecule has 2 unspecified atom stereocenters. The van der Waals surface area contributed by atoms with Crippen molar-refractivity contribution >= 4 is 5.91 Å². The molecule has 2 fully saturated rings. The molecule has 1 aliphatic carbocycles. The molecular weight excluding hydrogens is 226 g/mol. The lowest BCUT2D eigenvalue weighted by Crippen LogP contribution is -2.43. The van der Waals surface area contributed by atoms with E-state index in [9.17, 15) is 4.79 Å². The van der Waals surface area contributed by atoms with Crippen molar-refractivity contribution in [1.29, 1.82) is 0 Å². The van der Waals surface area contributed by atoms with E-state index < -0.39 is 0 Å². The highest BCUT2D eigenvalue weighted by molar-refractivity contribution is 5.77. The molecule has 1 aliphatic heterocycles. The summed E-state index contributed by atoms with van der Waals surface area (Å²) in [5.74, 6) is 1.75. The number of rotatable bonds is 4. The summed E-state index contributed by atoms with van der Waals surface area (Å²) in [4.78, 5) is 14.1. The average Bonchev–Trinajstić information content (AvgIpc) is 2.84. The van der Waals surface area contributed by atoms with Gasteiger partial charge in [0.1, 0.15) is 0 Å². The highest BCUT2D eigenvalue weighted by Gasteiger charge is 2.37. The number of nitrogens with zero attached hydrogens (tertiary/aromatic N) is 1. The Balaban J connectivity index is 1.94. The van der Waals surface area contributed by atoms with Crippen molar-refractivity contribution in [3.63, 3.8) is 0 Å². The summed E-state index contributed by atoms with van der Waals surface area (Å²) >= 11 is 0. The Kier molecular flexibility index (Phi) is 5.01. The van der Waals surface area contributed by atoms with Crippen molar-refractivity contribution in [2.24, 2.45) is 17.6 Å². The van der Waals surface area contributed by atoms with Crippen LogP contribution in [0.15, 0.2) is 0 Å². The number of hydrogen-bond acceptors (Lipinski definition) is 3. The van der Waals surface area contributed by atoms with Gasteiger partial charge in [-0.05, 0) is 25.3 Å². The fraction of sp³-hybridized carbons (Fsp3) is 0.929. The third-order valence-electron chi connectivity index (χ3n) is 4.66. The van der Waals surface area contributed by atoms with Crippen LogP contribution in [0.3, 0.4) is 0 Å². The van der Waals surface area contributed by atoms with Gasteiger partial charge in [0.25, 0.3) is 0 Å². The lowest BCUT2D eigenvalue weighted by Gasteiger charge is -2.27. The topological polar surface area (TPSA) is 58.4 Å². The third kappa shape index (κ3) is 3.04. The highest BCUT2D eigenvalue weighted by atomic mass is 16.2. The van der Waals surface area contributed by atoms with Crippen molar-refractivity contribution in [2.75, 3.05) is 20.1 Å². The number of likely N-dealkylation sites (tertiary alicyclic amines) is 1. The molecule has 18 heavy (non-hydrogen) atoms. The van der Waals surface area contributed by atoms with Crippen LogP contribution < -0.4 is 11.1 Å². The molecule has 0 spiro atoms. The average molecular weight is 253 g/mol. The molecule has 0 aromatic heterocycles. The predicted molar refractivity (Wildman–Crippen MR) is 72.9 cm³/mol. The molecule has 0 radical (unpaired) electrons. The van der Waals surface area contributed by atoms with Crippen molar-refractivity contribution in [3.8, 4) is 0 Å². The normalized spacial score (nSPS) is 29.8. The first-order valence-electron chi connectivity index (χ1n) is 7.43. The molecule has 0 bridgehead atoms. The van der Waals surface area contributed by atoms with Crippen LogP contribution in [-0.2, 0) is 4.79 Å². The van der Waals surface area contributed by atoms with E-state index in [0.717, 1.165) is 18.9 Å². The number of amides is 1. The summed E-state index contributed by atoms with van der Waals surface area (Å²) in [6.07, 6.45) is 8.71. The number of hydrogen-bond donors (Lipinski definition) is 2. The number of carbonyl (C=O) groups excluding carboxylic acids is 1. The predicted octanol–water partition coefficient (Wildman–Crippen LogP) is 1.31. The zero-order valence-electron chi connectivity index (χ0n) is 11.5. The summed E-state index contributed by atoms with van der Waals surface area (Å²) in [6, 6.07) is 0. The van der Waals surface area contributed by atoms with Crippen molar-refractivity contribution in [3.05, 3.63) is 0 Å². The van der Waals surface area contributed by atoms with E-state index in [0.29, 0.717) is 18.9 Å². The van der Waals surface area contributed by atoms with Crippen LogP contribution in [0.2, 0.25) is 0 Å². The second-order valence-electron chi connectivity index (χ2n) is 5.78. The van der Waals surface area contributed by atoms with E-state index in [1.54, 1.807) is 0 Å². The Morgan fingerprint density at radius 2 is 2.00 bits per heavy atom. The van der Waals surface area contributed by atoms with Crippen molar-refractivity contribution < 1.29 is 4.79 Å². The van der Waals surface area contributed by atoms with E-state index in [1.807, 2.05) is 11.9 Å². The van der Waals surface area contributed by atoms with E-state index in [-0.39, 0.29) is 12.1 Å². The van der Waals surface area contributed by atoms with Crippen LogP contribution in [0.4, 0.5) is 0 Å². The molecule has 4 nitrogen and oxygen atoms in total. The molecule has 1 saturated heterocycles. The van der Waals surface area contributed by atoms with Crippen LogP contribution >= 0.6 is 0 Å². The summed E-state index contributed by atoms with van der Waals surface area (Å²) < 4.78 is 0. The molecule has 2 aliphatic rings. The van der Waals surface area contributed by atoms with E-state index in [1.165, 1.54) is 32.1 Å². The zero-order valence-corrected chi connectivity index (χ0v) is 11.5. The molecule has 1 amide bonds. The molecule has 3 N–H and O–H groups in total. The van der Waals surface area contributed by atoms with Crippen LogP contribution in [-0.4, -0.2) is 37.1 Å². The number of nitrogens with one attached hydrogen (secondary N) is 1. The molecule has 0 aromatic carbocycles. The Morgan fingerprint density at radius 1 is 1.28 bits per heavy atom. The minimum atomic E-state index is 0.218. The molecule has 0 aromatic rings. The van der Waals surface area contributed by atoms with Gasteiger partial charge < -0.3 is 16.0 Å². The number of carbonyl (C=O) groups is 1. The standard InChI is InChI=1S/C14H27N3O/c1-16-13-9-12(11-5-3-2-4-6-11)10-17(13)14(18)7-8-15/h11-13,16H,2-10,15H2,1H3. The largest absolute Gasteiger partial charge is 0.330 e.